The Labute approximate surface area is 123 Å². The molecule has 0 saturated carbocycles. The van der Waals surface area contributed by atoms with E-state index in [9.17, 15) is 4.39 Å². The number of hydrogen-bond donors (Lipinski definition) is 1. The lowest BCUT2D eigenvalue weighted by molar-refractivity contribution is 0.410. The molecule has 0 aliphatic heterocycles. The standard InChI is InChI=1S/C16H18FNOS/c1-11(15-8-7-13(19-2)10-16(15)17)18-12-5-4-6-14(9-12)20-3/h4-11,18H,1-3H3. The van der Waals surface area contributed by atoms with Gasteiger partial charge in [0.05, 0.1) is 13.2 Å². The maximum atomic E-state index is 14.0. The van der Waals surface area contributed by atoms with Gasteiger partial charge >= 0.3 is 0 Å². The Balaban J connectivity index is 2.16. The van der Waals surface area contributed by atoms with Crippen LogP contribution in [-0.2, 0) is 0 Å². The molecular formula is C16H18FNOS. The molecule has 106 valence electrons. The lowest BCUT2D eigenvalue weighted by Crippen LogP contribution is -2.08. The van der Waals surface area contributed by atoms with Gasteiger partial charge in [0.2, 0.25) is 0 Å². The maximum absolute atomic E-state index is 14.0. The average molecular weight is 291 g/mol. The van der Waals surface area contributed by atoms with Crippen molar-refractivity contribution in [2.75, 3.05) is 18.7 Å². The molecular weight excluding hydrogens is 273 g/mol. The van der Waals surface area contributed by atoms with Crippen LogP contribution in [-0.4, -0.2) is 13.4 Å². The zero-order chi connectivity index (χ0) is 14.5. The number of nitrogens with one attached hydrogen (secondary N) is 1. The molecule has 20 heavy (non-hydrogen) atoms. The molecule has 2 aromatic rings. The highest BCUT2D eigenvalue weighted by atomic mass is 32.2. The van der Waals surface area contributed by atoms with E-state index >= 15 is 0 Å². The van der Waals surface area contributed by atoms with Gasteiger partial charge in [0, 0.05) is 22.2 Å². The number of rotatable bonds is 5. The molecule has 0 spiro atoms. The minimum atomic E-state index is -0.259. The summed E-state index contributed by atoms with van der Waals surface area (Å²) < 4.78 is 19.0. The summed E-state index contributed by atoms with van der Waals surface area (Å²) in [6.45, 7) is 1.94. The summed E-state index contributed by atoms with van der Waals surface area (Å²) >= 11 is 1.68. The molecule has 4 heteroatoms. The van der Waals surface area contributed by atoms with Gasteiger partial charge in [-0.1, -0.05) is 12.1 Å². The highest BCUT2D eigenvalue weighted by molar-refractivity contribution is 7.98. The van der Waals surface area contributed by atoms with Crippen LogP contribution in [0.3, 0.4) is 0 Å². The zero-order valence-corrected chi connectivity index (χ0v) is 12.6. The van der Waals surface area contributed by atoms with Crippen molar-refractivity contribution in [1.29, 1.82) is 0 Å². The SMILES string of the molecule is COc1ccc(C(C)Nc2cccc(SC)c2)c(F)c1. The van der Waals surface area contributed by atoms with E-state index in [-0.39, 0.29) is 11.9 Å². The van der Waals surface area contributed by atoms with Crippen LogP contribution in [0.1, 0.15) is 18.5 Å². The van der Waals surface area contributed by atoms with Gasteiger partial charge in [-0.3, -0.25) is 0 Å². The number of anilines is 1. The normalized spacial score (nSPS) is 12.0. The summed E-state index contributed by atoms with van der Waals surface area (Å²) in [5, 5.41) is 3.32. The van der Waals surface area contributed by atoms with Crippen LogP contribution < -0.4 is 10.1 Å². The fourth-order valence-corrected chi connectivity index (χ4v) is 2.49. The van der Waals surface area contributed by atoms with E-state index in [1.165, 1.54) is 18.1 Å². The van der Waals surface area contributed by atoms with Crippen molar-refractivity contribution in [3.8, 4) is 5.75 Å². The lowest BCUT2D eigenvalue weighted by Gasteiger charge is -2.17. The van der Waals surface area contributed by atoms with Gasteiger partial charge in [0.1, 0.15) is 11.6 Å². The molecule has 0 radical (unpaired) electrons. The second-order valence-corrected chi connectivity index (χ2v) is 5.37. The zero-order valence-electron chi connectivity index (χ0n) is 11.8. The highest BCUT2D eigenvalue weighted by Crippen LogP contribution is 2.26. The Bertz CT molecular complexity index is 588. The quantitative estimate of drug-likeness (QED) is 0.805. The van der Waals surface area contributed by atoms with Crippen molar-refractivity contribution in [1.82, 2.24) is 0 Å². The lowest BCUT2D eigenvalue weighted by atomic mass is 10.1. The van der Waals surface area contributed by atoms with Gasteiger partial charge in [-0.05, 0) is 37.4 Å². The van der Waals surface area contributed by atoms with Crippen LogP contribution in [0.15, 0.2) is 47.4 Å². The number of benzene rings is 2. The monoisotopic (exact) mass is 291 g/mol. The van der Waals surface area contributed by atoms with E-state index in [2.05, 4.69) is 17.4 Å². The van der Waals surface area contributed by atoms with Crippen molar-refractivity contribution in [3.63, 3.8) is 0 Å². The largest absolute Gasteiger partial charge is 0.497 e. The first kappa shape index (κ1) is 14.7. The first-order chi connectivity index (χ1) is 9.63. The minimum Gasteiger partial charge on any atom is -0.497 e. The second-order valence-electron chi connectivity index (χ2n) is 4.49. The van der Waals surface area contributed by atoms with Crippen LogP contribution in [0.2, 0.25) is 0 Å². The first-order valence-corrected chi connectivity index (χ1v) is 7.60. The van der Waals surface area contributed by atoms with Gasteiger partial charge in [-0.15, -0.1) is 11.8 Å². The molecule has 1 N–H and O–H groups in total. The molecule has 0 aliphatic rings. The third-order valence-corrected chi connectivity index (χ3v) is 3.85. The Morgan fingerprint density at radius 2 is 2.00 bits per heavy atom. The Morgan fingerprint density at radius 1 is 1.20 bits per heavy atom. The molecule has 0 aliphatic carbocycles. The first-order valence-electron chi connectivity index (χ1n) is 6.38. The summed E-state index contributed by atoms with van der Waals surface area (Å²) in [7, 11) is 1.53. The summed E-state index contributed by atoms with van der Waals surface area (Å²) in [4.78, 5) is 1.18. The van der Waals surface area contributed by atoms with Crippen molar-refractivity contribution in [3.05, 3.63) is 53.8 Å². The topological polar surface area (TPSA) is 21.3 Å². The number of methoxy groups -OCH3 is 1. The summed E-state index contributed by atoms with van der Waals surface area (Å²) in [5.41, 5.74) is 1.61. The van der Waals surface area contributed by atoms with E-state index in [0.717, 1.165) is 5.69 Å². The molecule has 0 saturated heterocycles. The molecule has 0 aromatic heterocycles. The Kier molecular flexibility index (Phi) is 4.90. The van der Waals surface area contributed by atoms with E-state index in [0.29, 0.717) is 11.3 Å². The van der Waals surface area contributed by atoms with E-state index in [1.807, 2.05) is 25.3 Å². The van der Waals surface area contributed by atoms with E-state index in [4.69, 9.17) is 4.74 Å². The van der Waals surface area contributed by atoms with E-state index in [1.54, 1.807) is 23.9 Å². The van der Waals surface area contributed by atoms with Crippen LogP contribution in [0.25, 0.3) is 0 Å². The number of halogens is 1. The molecule has 2 rings (SSSR count). The molecule has 0 heterocycles. The van der Waals surface area contributed by atoms with Crippen molar-refractivity contribution in [2.24, 2.45) is 0 Å². The predicted molar refractivity (Wildman–Crippen MR) is 83.2 cm³/mol. The smallest absolute Gasteiger partial charge is 0.132 e. The van der Waals surface area contributed by atoms with Crippen LogP contribution in [0.5, 0.6) is 5.75 Å². The summed E-state index contributed by atoms with van der Waals surface area (Å²) in [5.74, 6) is 0.271. The fraction of sp³-hybridized carbons (Fsp3) is 0.250. The fourth-order valence-electron chi connectivity index (χ4n) is 2.03. The minimum absolute atomic E-state index is 0.113. The van der Waals surface area contributed by atoms with Crippen molar-refractivity contribution < 1.29 is 9.13 Å². The van der Waals surface area contributed by atoms with E-state index < -0.39 is 0 Å². The van der Waals surface area contributed by atoms with Gasteiger partial charge in [-0.25, -0.2) is 4.39 Å². The number of hydrogen-bond acceptors (Lipinski definition) is 3. The number of ether oxygens (including phenoxy) is 1. The molecule has 1 atom stereocenters. The Morgan fingerprint density at radius 3 is 2.65 bits per heavy atom. The van der Waals surface area contributed by atoms with Crippen LogP contribution in [0, 0.1) is 5.82 Å². The third-order valence-electron chi connectivity index (χ3n) is 3.13. The van der Waals surface area contributed by atoms with Crippen LogP contribution >= 0.6 is 11.8 Å². The molecule has 0 bridgehead atoms. The van der Waals surface area contributed by atoms with Crippen molar-refractivity contribution in [2.45, 2.75) is 17.9 Å². The Hall–Kier alpha value is -1.68. The van der Waals surface area contributed by atoms with Gasteiger partial charge in [0.15, 0.2) is 0 Å². The average Bonchev–Trinajstić information content (AvgIpc) is 2.47. The predicted octanol–water partition coefficient (Wildman–Crippen LogP) is 4.73. The van der Waals surface area contributed by atoms with Gasteiger partial charge < -0.3 is 10.1 Å². The highest BCUT2D eigenvalue weighted by Gasteiger charge is 2.11. The van der Waals surface area contributed by atoms with Gasteiger partial charge in [0.25, 0.3) is 0 Å². The summed E-state index contributed by atoms with van der Waals surface area (Å²) in [6, 6.07) is 12.9. The molecule has 1 unspecified atom stereocenters. The number of thioether (sulfide) groups is 1. The van der Waals surface area contributed by atoms with Crippen LogP contribution in [0.4, 0.5) is 10.1 Å². The molecule has 0 amide bonds. The second kappa shape index (κ2) is 6.66. The molecule has 2 nitrogen and oxygen atoms in total. The molecule has 0 fully saturated rings. The maximum Gasteiger partial charge on any atom is 0.132 e. The molecule has 2 aromatic carbocycles. The van der Waals surface area contributed by atoms with Gasteiger partial charge in [-0.2, -0.15) is 0 Å². The summed E-state index contributed by atoms with van der Waals surface area (Å²) in [6.07, 6.45) is 2.03. The third kappa shape index (κ3) is 3.45. The van der Waals surface area contributed by atoms with Crippen molar-refractivity contribution >= 4 is 17.4 Å².